The van der Waals surface area contributed by atoms with E-state index in [4.69, 9.17) is 10.5 Å². The van der Waals surface area contributed by atoms with Crippen LogP contribution in [0.1, 0.15) is 31.2 Å². The Morgan fingerprint density at radius 3 is 2.61 bits per heavy atom. The van der Waals surface area contributed by atoms with Gasteiger partial charge in [-0.05, 0) is 32.0 Å². The summed E-state index contributed by atoms with van der Waals surface area (Å²) in [6, 6.07) is 7.99. The molecule has 6 heteroatoms. The van der Waals surface area contributed by atoms with Gasteiger partial charge in [-0.15, -0.1) is 24.0 Å². The first kappa shape index (κ1) is 20.2. The third kappa shape index (κ3) is 7.50. The summed E-state index contributed by atoms with van der Waals surface area (Å²) in [5, 5.41) is 3.17. The maximum atomic E-state index is 6.00. The second-order valence-electron chi connectivity index (χ2n) is 5.74. The molecule has 130 valence electrons. The number of aliphatic imine (C=N–C) groups is 1. The van der Waals surface area contributed by atoms with Gasteiger partial charge >= 0.3 is 0 Å². The molecule has 0 spiro atoms. The van der Waals surface area contributed by atoms with Crippen molar-refractivity contribution in [1.82, 2.24) is 4.90 Å². The average molecular weight is 432 g/mol. The zero-order valence-corrected chi connectivity index (χ0v) is 16.3. The SMILES string of the molecule is COCc1ccccc1NC(N)=NCCN1CCCCCC1.I. The molecule has 1 aliphatic heterocycles. The smallest absolute Gasteiger partial charge is 0.193 e. The van der Waals surface area contributed by atoms with Gasteiger partial charge in [-0.2, -0.15) is 0 Å². The first-order valence-corrected chi connectivity index (χ1v) is 8.16. The van der Waals surface area contributed by atoms with E-state index in [1.54, 1.807) is 7.11 Å². The molecule has 5 nitrogen and oxygen atoms in total. The number of para-hydroxylation sites is 1. The van der Waals surface area contributed by atoms with Gasteiger partial charge in [0.25, 0.3) is 0 Å². The number of nitrogens with one attached hydrogen (secondary N) is 1. The summed E-state index contributed by atoms with van der Waals surface area (Å²) >= 11 is 0. The zero-order chi connectivity index (χ0) is 15.6. The molecule has 0 unspecified atom stereocenters. The number of halogens is 1. The zero-order valence-electron chi connectivity index (χ0n) is 14.0. The van der Waals surface area contributed by atoms with E-state index in [1.165, 1.54) is 38.8 Å². The summed E-state index contributed by atoms with van der Waals surface area (Å²) in [7, 11) is 1.69. The lowest BCUT2D eigenvalue weighted by atomic mass is 10.2. The number of anilines is 1. The van der Waals surface area contributed by atoms with E-state index < -0.39 is 0 Å². The van der Waals surface area contributed by atoms with Crippen molar-refractivity contribution in [3.8, 4) is 0 Å². The average Bonchev–Trinajstić information content (AvgIpc) is 2.78. The van der Waals surface area contributed by atoms with Crippen LogP contribution in [0.15, 0.2) is 29.3 Å². The molecule has 3 N–H and O–H groups in total. The molecule has 1 aromatic rings. The first-order chi connectivity index (χ1) is 10.8. The highest BCUT2D eigenvalue weighted by molar-refractivity contribution is 14.0. The number of rotatable bonds is 6. The second kappa shape index (κ2) is 11.6. The van der Waals surface area contributed by atoms with Gasteiger partial charge in [-0.1, -0.05) is 31.0 Å². The molecule has 23 heavy (non-hydrogen) atoms. The van der Waals surface area contributed by atoms with E-state index >= 15 is 0 Å². The Hall–Kier alpha value is -0.860. The Kier molecular flexibility index (Phi) is 10.2. The third-order valence-electron chi connectivity index (χ3n) is 3.98. The van der Waals surface area contributed by atoms with E-state index in [1.807, 2.05) is 24.3 Å². The largest absolute Gasteiger partial charge is 0.380 e. The van der Waals surface area contributed by atoms with E-state index in [0.717, 1.165) is 24.3 Å². The molecule has 0 atom stereocenters. The standard InChI is InChI=1S/C17H28N4O.HI/c1-22-14-15-8-4-5-9-16(15)20-17(18)19-10-13-21-11-6-2-3-7-12-21;/h4-5,8-9H,2-3,6-7,10-14H2,1H3,(H3,18,19,20);1H. The van der Waals surface area contributed by atoms with Crippen LogP contribution in [0.3, 0.4) is 0 Å². The van der Waals surface area contributed by atoms with E-state index in [0.29, 0.717) is 12.6 Å². The predicted octanol–water partition coefficient (Wildman–Crippen LogP) is 3.05. The van der Waals surface area contributed by atoms with Gasteiger partial charge in [0.15, 0.2) is 5.96 Å². The van der Waals surface area contributed by atoms with Gasteiger partial charge in [0.2, 0.25) is 0 Å². The highest BCUT2D eigenvalue weighted by Crippen LogP contribution is 2.15. The number of nitrogens with two attached hydrogens (primary N) is 1. The van der Waals surface area contributed by atoms with Crippen molar-refractivity contribution >= 4 is 35.6 Å². The number of hydrogen-bond acceptors (Lipinski definition) is 3. The molecule has 0 bridgehead atoms. The molecule has 0 saturated carbocycles. The minimum absolute atomic E-state index is 0. The quantitative estimate of drug-likeness (QED) is 0.412. The Labute approximate surface area is 156 Å². The molecular formula is C17H29IN4O. The van der Waals surface area contributed by atoms with E-state index in [2.05, 4.69) is 15.2 Å². The minimum atomic E-state index is 0. The number of nitrogens with zero attached hydrogens (tertiary/aromatic N) is 2. The predicted molar refractivity (Wildman–Crippen MR) is 108 cm³/mol. The highest BCUT2D eigenvalue weighted by Gasteiger charge is 2.08. The van der Waals surface area contributed by atoms with Crippen LogP contribution < -0.4 is 11.1 Å². The molecule has 1 aliphatic rings. The molecule has 1 saturated heterocycles. The Morgan fingerprint density at radius 2 is 1.91 bits per heavy atom. The molecule has 2 rings (SSSR count). The molecule has 1 fully saturated rings. The van der Waals surface area contributed by atoms with Crippen LogP contribution in [0.4, 0.5) is 5.69 Å². The molecule has 0 amide bonds. The summed E-state index contributed by atoms with van der Waals surface area (Å²) in [5.41, 5.74) is 8.03. The van der Waals surface area contributed by atoms with Gasteiger partial charge in [-0.25, -0.2) is 0 Å². The first-order valence-electron chi connectivity index (χ1n) is 8.16. The molecule has 1 aromatic carbocycles. The minimum Gasteiger partial charge on any atom is -0.380 e. The van der Waals surface area contributed by atoms with Crippen LogP contribution >= 0.6 is 24.0 Å². The number of ether oxygens (including phenoxy) is 1. The van der Waals surface area contributed by atoms with E-state index in [9.17, 15) is 0 Å². The number of methoxy groups -OCH3 is 1. The Balaban J connectivity index is 0.00000264. The van der Waals surface area contributed by atoms with Crippen LogP contribution in [0.2, 0.25) is 0 Å². The lowest BCUT2D eigenvalue weighted by Gasteiger charge is -2.18. The van der Waals surface area contributed by atoms with Gasteiger partial charge in [0.1, 0.15) is 0 Å². The second-order valence-corrected chi connectivity index (χ2v) is 5.74. The molecule has 0 radical (unpaired) electrons. The van der Waals surface area contributed by atoms with Crippen LogP contribution in [-0.4, -0.2) is 44.1 Å². The van der Waals surface area contributed by atoms with Crippen LogP contribution in [0, 0.1) is 0 Å². The summed E-state index contributed by atoms with van der Waals surface area (Å²) in [5.74, 6) is 0.471. The van der Waals surface area contributed by atoms with Crippen molar-refractivity contribution in [1.29, 1.82) is 0 Å². The normalized spacial score (nSPS) is 16.5. The van der Waals surface area contributed by atoms with Gasteiger partial charge in [0, 0.05) is 24.9 Å². The van der Waals surface area contributed by atoms with Crippen LogP contribution in [-0.2, 0) is 11.3 Å². The van der Waals surface area contributed by atoms with Crippen molar-refractivity contribution in [3.63, 3.8) is 0 Å². The van der Waals surface area contributed by atoms with Gasteiger partial charge in [-0.3, -0.25) is 4.99 Å². The van der Waals surface area contributed by atoms with Gasteiger partial charge in [0.05, 0.1) is 13.2 Å². The Bertz CT molecular complexity index is 473. The number of benzene rings is 1. The lowest BCUT2D eigenvalue weighted by molar-refractivity contribution is 0.185. The van der Waals surface area contributed by atoms with Gasteiger partial charge < -0.3 is 20.7 Å². The molecule has 0 aliphatic carbocycles. The highest BCUT2D eigenvalue weighted by atomic mass is 127. The fourth-order valence-corrected chi connectivity index (χ4v) is 2.77. The summed E-state index contributed by atoms with van der Waals surface area (Å²) in [6.07, 6.45) is 5.34. The van der Waals surface area contributed by atoms with Crippen LogP contribution in [0.5, 0.6) is 0 Å². The topological polar surface area (TPSA) is 62.9 Å². The third-order valence-corrected chi connectivity index (χ3v) is 3.98. The van der Waals surface area contributed by atoms with E-state index in [-0.39, 0.29) is 24.0 Å². The van der Waals surface area contributed by atoms with Crippen molar-refractivity contribution in [2.75, 3.05) is 38.6 Å². The fourth-order valence-electron chi connectivity index (χ4n) is 2.77. The lowest BCUT2D eigenvalue weighted by Crippen LogP contribution is -2.29. The maximum absolute atomic E-state index is 6.00. The maximum Gasteiger partial charge on any atom is 0.193 e. The summed E-state index contributed by atoms with van der Waals surface area (Å²) in [4.78, 5) is 6.93. The molecule has 1 heterocycles. The summed E-state index contributed by atoms with van der Waals surface area (Å²) < 4.78 is 5.20. The van der Waals surface area contributed by atoms with Crippen LogP contribution in [0.25, 0.3) is 0 Å². The van der Waals surface area contributed by atoms with Crippen molar-refractivity contribution in [2.45, 2.75) is 32.3 Å². The number of guanidine groups is 1. The Morgan fingerprint density at radius 1 is 1.22 bits per heavy atom. The van der Waals surface area contributed by atoms with Crippen molar-refractivity contribution < 1.29 is 4.74 Å². The summed E-state index contributed by atoms with van der Waals surface area (Å²) in [6.45, 7) is 4.68. The number of likely N-dealkylation sites (tertiary alicyclic amines) is 1. The van der Waals surface area contributed by atoms with Crippen molar-refractivity contribution in [2.24, 2.45) is 10.7 Å². The number of hydrogen-bond donors (Lipinski definition) is 2. The molecular weight excluding hydrogens is 403 g/mol. The van der Waals surface area contributed by atoms with Crippen molar-refractivity contribution in [3.05, 3.63) is 29.8 Å². The fraction of sp³-hybridized carbons (Fsp3) is 0.588. The monoisotopic (exact) mass is 432 g/mol. The molecule has 0 aromatic heterocycles.